The average molecular weight is 276 g/mol. The summed E-state index contributed by atoms with van der Waals surface area (Å²) in [5, 5.41) is 6.96. The van der Waals surface area contributed by atoms with Crippen LogP contribution < -0.4 is 5.32 Å². The molecule has 0 saturated carbocycles. The highest BCUT2D eigenvalue weighted by molar-refractivity contribution is 9.10. The number of ketones is 1. The van der Waals surface area contributed by atoms with Gasteiger partial charge in [0.15, 0.2) is 5.78 Å². The summed E-state index contributed by atoms with van der Waals surface area (Å²) < 4.78 is 0.892. The second-order valence-electron chi connectivity index (χ2n) is 4.16. The molecule has 0 aliphatic carbocycles. The van der Waals surface area contributed by atoms with Crippen LogP contribution in [-0.2, 0) is 0 Å². The van der Waals surface area contributed by atoms with Crippen molar-refractivity contribution in [3.05, 3.63) is 20.8 Å². The number of Topliss-reactive ketones (excluding diaryl/α,β-unsaturated/α-hetero) is 1. The van der Waals surface area contributed by atoms with Crippen LogP contribution in [-0.4, -0.2) is 17.9 Å². The number of halogens is 1. The maximum absolute atomic E-state index is 11.7. The second kappa shape index (κ2) is 4.55. The Morgan fingerprint density at radius 3 is 2.57 bits per heavy atom. The molecular formula is C10H14BrNOS. The van der Waals surface area contributed by atoms with Crippen LogP contribution in [0.4, 0.5) is 0 Å². The van der Waals surface area contributed by atoms with E-state index in [-0.39, 0.29) is 11.3 Å². The van der Waals surface area contributed by atoms with Crippen molar-refractivity contribution >= 4 is 33.0 Å². The van der Waals surface area contributed by atoms with Crippen LogP contribution in [0.15, 0.2) is 15.2 Å². The van der Waals surface area contributed by atoms with Gasteiger partial charge in [0.1, 0.15) is 0 Å². The van der Waals surface area contributed by atoms with E-state index in [2.05, 4.69) is 21.2 Å². The van der Waals surface area contributed by atoms with Crippen LogP contribution in [0.5, 0.6) is 0 Å². The van der Waals surface area contributed by atoms with Gasteiger partial charge in [0.2, 0.25) is 0 Å². The molecule has 0 bridgehead atoms. The van der Waals surface area contributed by atoms with E-state index in [0.29, 0.717) is 6.54 Å². The topological polar surface area (TPSA) is 29.1 Å². The van der Waals surface area contributed by atoms with Gasteiger partial charge >= 0.3 is 0 Å². The van der Waals surface area contributed by atoms with Crippen LogP contribution >= 0.6 is 27.3 Å². The first-order valence-corrected chi connectivity index (χ1v) is 6.13. The van der Waals surface area contributed by atoms with Crippen molar-refractivity contribution in [3.63, 3.8) is 0 Å². The van der Waals surface area contributed by atoms with E-state index in [9.17, 15) is 4.79 Å². The van der Waals surface area contributed by atoms with Crippen molar-refractivity contribution in [1.82, 2.24) is 5.32 Å². The molecule has 0 saturated heterocycles. The third kappa shape index (κ3) is 3.52. The normalized spacial score (nSPS) is 11.7. The first-order chi connectivity index (χ1) is 6.40. The van der Waals surface area contributed by atoms with E-state index in [1.54, 1.807) is 0 Å². The summed E-state index contributed by atoms with van der Waals surface area (Å²) in [6.45, 7) is 6.52. The SMILES string of the molecule is CC(C)(C)NCC(=O)c1cscc1Br. The van der Waals surface area contributed by atoms with E-state index in [1.165, 1.54) is 11.3 Å². The molecule has 1 rings (SSSR count). The molecule has 0 unspecified atom stereocenters. The van der Waals surface area contributed by atoms with Crippen LogP contribution in [0.3, 0.4) is 0 Å². The molecule has 1 heterocycles. The fourth-order valence-electron chi connectivity index (χ4n) is 0.921. The average Bonchev–Trinajstić information content (AvgIpc) is 2.46. The van der Waals surface area contributed by atoms with Gasteiger partial charge in [-0.3, -0.25) is 4.79 Å². The van der Waals surface area contributed by atoms with Gasteiger partial charge in [0.05, 0.1) is 6.54 Å². The summed E-state index contributed by atoms with van der Waals surface area (Å²) >= 11 is 4.88. The molecule has 0 amide bonds. The van der Waals surface area contributed by atoms with Crippen molar-refractivity contribution in [1.29, 1.82) is 0 Å². The summed E-state index contributed by atoms with van der Waals surface area (Å²) in [5.41, 5.74) is 0.754. The van der Waals surface area contributed by atoms with Gasteiger partial charge in [-0.1, -0.05) is 0 Å². The summed E-state index contributed by atoms with van der Waals surface area (Å²) in [6.07, 6.45) is 0. The van der Waals surface area contributed by atoms with E-state index in [0.717, 1.165) is 10.0 Å². The highest BCUT2D eigenvalue weighted by Gasteiger charge is 2.14. The fourth-order valence-corrected chi connectivity index (χ4v) is 2.44. The Morgan fingerprint density at radius 1 is 1.50 bits per heavy atom. The fraction of sp³-hybridized carbons (Fsp3) is 0.500. The van der Waals surface area contributed by atoms with Gasteiger partial charge in [-0.15, -0.1) is 0 Å². The Hall–Kier alpha value is -0.190. The molecule has 1 aromatic rings. The third-order valence-corrected chi connectivity index (χ3v) is 3.40. The lowest BCUT2D eigenvalue weighted by Gasteiger charge is -2.19. The Bertz CT molecular complexity index is 327. The molecule has 14 heavy (non-hydrogen) atoms. The van der Waals surface area contributed by atoms with Gasteiger partial charge in [-0.25, -0.2) is 0 Å². The quantitative estimate of drug-likeness (QED) is 0.860. The largest absolute Gasteiger partial charge is 0.305 e. The van der Waals surface area contributed by atoms with Gasteiger partial charge in [0, 0.05) is 26.3 Å². The van der Waals surface area contributed by atoms with Crippen LogP contribution in [0.1, 0.15) is 31.1 Å². The van der Waals surface area contributed by atoms with Crippen LogP contribution in [0.25, 0.3) is 0 Å². The number of nitrogens with one attached hydrogen (secondary N) is 1. The number of hydrogen-bond acceptors (Lipinski definition) is 3. The number of carbonyl (C=O) groups excluding carboxylic acids is 1. The monoisotopic (exact) mass is 275 g/mol. The molecule has 0 aromatic carbocycles. The molecule has 4 heteroatoms. The van der Waals surface area contributed by atoms with Crippen molar-refractivity contribution < 1.29 is 4.79 Å². The molecule has 0 aliphatic heterocycles. The van der Waals surface area contributed by atoms with Gasteiger partial charge in [-0.05, 0) is 36.7 Å². The molecule has 0 spiro atoms. The Labute approximate surface area is 96.8 Å². The Balaban J connectivity index is 2.56. The van der Waals surface area contributed by atoms with Crippen LogP contribution in [0, 0.1) is 0 Å². The standard InChI is InChI=1S/C10H14BrNOS/c1-10(2,3)12-4-9(13)7-5-14-6-8(7)11/h5-6,12H,4H2,1-3H3. The highest BCUT2D eigenvalue weighted by Crippen LogP contribution is 2.21. The summed E-state index contributed by atoms with van der Waals surface area (Å²) in [7, 11) is 0. The zero-order valence-corrected chi connectivity index (χ0v) is 11.0. The number of carbonyl (C=O) groups is 1. The molecule has 0 atom stereocenters. The smallest absolute Gasteiger partial charge is 0.178 e. The number of hydrogen-bond donors (Lipinski definition) is 1. The molecule has 1 N–H and O–H groups in total. The minimum absolute atomic E-state index is 0.0157. The maximum Gasteiger partial charge on any atom is 0.178 e. The zero-order chi connectivity index (χ0) is 10.8. The summed E-state index contributed by atoms with van der Waals surface area (Å²) in [6, 6.07) is 0. The van der Waals surface area contributed by atoms with Gasteiger partial charge < -0.3 is 5.32 Å². The first kappa shape index (κ1) is 11.9. The molecule has 78 valence electrons. The van der Waals surface area contributed by atoms with E-state index in [1.807, 2.05) is 31.5 Å². The number of thiophene rings is 1. The lowest BCUT2D eigenvalue weighted by molar-refractivity contribution is 0.0982. The predicted molar refractivity (Wildman–Crippen MR) is 64.1 cm³/mol. The molecule has 0 aliphatic rings. The Morgan fingerprint density at radius 2 is 2.14 bits per heavy atom. The first-order valence-electron chi connectivity index (χ1n) is 4.40. The second-order valence-corrected chi connectivity index (χ2v) is 5.76. The van der Waals surface area contributed by atoms with Crippen molar-refractivity contribution in [2.45, 2.75) is 26.3 Å². The lowest BCUT2D eigenvalue weighted by Crippen LogP contribution is -2.39. The minimum Gasteiger partial charge on any atom is -0.305 e. The zero-order valence-electron chi connectivity index (χ0n) is 8.56. The highest BCUT2D eigenvalue weighted by atomic mass is 79.9. The van der Waals surface area contributed by atoms with Crippen LogP contribution in [0.2, 0.25) is 0 Å². The Kier molecular flexibility index (Phi) is 3.86. The van der Waals surface area contributed by atoms with Gasteiger partial charge in [-0.2, -0.15) is 11.3 Å². The van der Waals surface area contributed by atoms with E-state index >= 15 is 0 Å². The molecule has 0 fully saturated rings. The molecular weight excluding hydrogens is 262 g/mol. The van der Waals surface area contributed by atoms with Gasteiger partial charge in [0.25, 0.3) is 0 Å². The van der Waals surface area contributed by atoms with Crippen molar-refractivity contribution in [2.24, 2.45) is 0 Å². The van der Waals surface area contributed by atoms with Crippen molar-refractivity contribution in [2.75, 3.05) is 6.54 Å². The maximum atomic E-state index is 11.7. The third-order valence-electron chi connectivity index (χ3n) is 1.69. The summed E-state index contributed by atoms with van der Waals surface area (Å²) in [5.74, 6) is 0.132. The lowest BCUT2D eigenvalue weighted by atomic mass is 10.1. The van der Waals surface area contributed by atoms with E-state index < -0.39 is 0 Å². The van der Waals surface area contributed by atoms with E-state index in [4.69, 9.17) is 0 Å². The number of rotatable bonds is 3. The minimum atomic E-state index is -0.0157. The molecule has 1 aromatic heterocycles. The predicted octanol–water partition coefficient (Wildman–Crippen LogP) is 3.08. The summed E-state index contributed by atoms with van der Waals surface area (Å²) in [4.78, 5) is 11.7. The molecule has 2 nitrogen and oxygen atoms in total. The molecule has 0 radical (unpaired) electrons. The van der Waals surface area contributed by atoms with Crippen molar-refractivity contribution in [3.8, 4) is 0 Å².